The summed E-state index contributed by atoms with van der Waals surface area (Å²) in [6.45, 7) is 6.59. The van der Waals surface area contributed by atoms with Crippen LogP contribution in [-0.4, -0.2) is 29.7 Å². The Morgan fingerprint density at radius 3 is 2.59 bits per heavy atom. The molecule has 0 unspecified atom stereocenters. The van der Waals surface area contributed by atoms with E-state index in [9.17, 15) is 14.4 Å². The Bertz CT molecular complexity index is 934. The Kier molecular flexibility index (Phi) is 4.74. The average Bonchev–Trinajstić information content (AvgIpc) is 2.60. The first kappa shape index (κ1) is 18.6. The summed E-state index contributed by atoms with van der Waals surface area (Å²) in [5.41, 5.74) is 1.50. The lowest BCUT2D eigenvalue weighted by Crippen LogP contribution is -2.54. The van der Waals surface area contributed by atoms with Crippen molar-refractivity contribution >= 4 is 29.0 Å². The fraction of sp³-hybridized carbons (Fsp3) is 0.286. The van der Waals surface area contributed by atoms with E-state index in [1.165, 1.54) is 11.8 Å². The first-order chi connectivity index (χ1) is 12.7. The molecule has 0 spiro atoms. The van der Waals surface area contributed by atoms with Crippen molar-refractivity contribution in [2.75, 3.05) is 16.8 Å². The molecule has 6 nitrogen and oxygen atoms in total. The molecular weight excluding hydrogens is 344 g/mol. The standard InChI is InChI=1S/C21H22N2O4/c1-13-8-9-18-17(10-13)23(20(26)21(3,4)27-18)12-19(25)22-16-7-5-6-15(11-16)14(2)24/h5-11H,12H2,1-4H3,(H,22,25). The highest BCUT2D eigenvalue weighted by atomic mass is 16.5. The topological polar surface area (TPSA) is 75.7 Å². The number of carbonyl (C=O) groups excluding carboxylic acids is 3. The van der Waals surface area contributed by atoms with Gasteiger partial charge in [-0.15, -0.1) is 0 Å². The van der Waals surface area contributed by atoms with Gasteiger partial charge in [0.05, 0.1) is 5.69 Å². The zero-order valence-electron chi connectivity index (χ0n) is 15.8. The minimum absolute atomic E-state index is 0.0828. The van der Waals surface area contributed by atoms with E-state index in [0.29, 0.717) is 22.7 Å². The molecule has 1 heterocycles. The van der Waals surface area contributed by atoms with E-state index < -0.39 is 5.60 Å². The van der Waals surface area contributed by atoms with Gasteiger partial charge in [0.2, 0.25) is 5.91 Å². The van der Waals surface area contributed by atoms with Crippen LogP contribution in [0.3, 0.4) is 0 Å². The van der Waals surface area contributed by atoms with Crippen LogP contribution in [0.15, 0.2) is 42.5 Å². The number of anilines is 2. The van der Waals surface area contributed by atoms with Crippen molar-refractivity contribution in [1.82, 2.24) is 0 Å². The number of nitrogens with one attached hydrogen (secondary N) is 1. The number of ketones is 1. The van der Waals surface area contributed by atoms with Gasteiger partial charge in [-0.1, -0.05) is 18.2 Å². The Morgan fingerprint density at radius 2 is 1.89 bits per heavy atom. The number of nitrogens with zero attached hydrogens (tertiary/aromatic N) is 1. The molecule has 0 saturated carbocycles. The van der Waals surface area contributed by atoms with Crippen molar-refractivity contribution in [2.24, 2.45) is 0 Å². The highest BCUT2D eigenvalue weighted by Crippen LogP contribution is 2.38. The lowest BCUT2D eigenvalue weighted by Gasteiger charge is -2.38. The maximum atomic E-state index is 12.8. The summed E-state index contributed by atoms with van der Waals surface area (Å²) >= 11 is 0. The molecule has 0 aliphatic carbocycles. The Hall–Kier alpha value is -3.15. The highest BCUT2D eigenvalue weighted by Gasteiger charge is 2.41. The van der Waals surface area contributed by atoms with Crippen molar-refractivity contribution in [3.63, 3.8) is 0 Å². The molecular formula is C21H22N2O4. The van der Waals surface area contributed by atoms with E-state index in [2.05, 4.69) is 5.32 Å². The van der Waals surface area contributed by atoms with E-state index in [1.54, 1.807) is 44.2 Å². The number of carbonyl (C=O) groups is 3. The number of hydrogen-bond acceptors (Lipinski definition) is 4. The van der Waals surface area contributed by atoms with E-state index in [0.717, 1.165) is 5.56 Å². The van der Waals surface area contributed by atoms with E-state index in [1.807, 2.05) is 19.1 Å². The monoisotopic (exact) mass is 366 g/mol. The van der Waals surface area contributed by atoms with E-state index >= 15 is 0 Å². The lowest BCUT2D eigenvalue weighted by atomic mass is 10.0. The van der Waals surface area contributed by atoms with Gasteiger partial charge in [-0.2, -0.15) is 0 Å². The van der Waals surface area contributed by atoms with Crippen LogP contribution >= 0.6 is 0 Å². The Labute approximate surface area is 158 Å². The molecule has 140 valence electrons. The van der Waals surface area contributed by atoms with Crippen LogP contribution in [0, 0.1) is 6.92 Å². The summed E-state index contributed by atoms with van der Waals surface area (Å²) in [6.07, 6.45) is 0. The summed E-state index contributed by atoms with van der Waals surface area (Å²) in [6, 6.07) is 12.2. The maximum absolute atomic E-state index is 12.8. The van der Waals surface area contributed by atoms with Crippen molar-refractivity contribution in [2.45, 2.75) is 33.3 Å². The van der Waals surface area contributed by atoms with Gasteiger partial charge in [-0.05, 0) is 57.5 Å². The van der Waals surface area contributed by atoms with Gasteiger partial charge in [-0.25, -0.2) is 0 Å². The zero-order chi connectivity index (χ0) is 19.8. The first-order valence-electron chi connectivity index (χ1n) is 8.70. The van der Waals surface area contributed by atoms with Crippen LogP contribution < -0.4 is 15.0 Å². The molecule has 0 radical (unpaired) electrons. The molecule has 1 N–H and O–H groups in total. The molecule has 1 aliphatic rings. The number of ether oxygens (including phenoxy) is 1. The second kappa shape index (κ2) is 6.87. The molecule has 2 aromatic rings. The zero-order valence-corrected chi connectivity index (χ0v) is 15.8. The molecule has 0 saturated heterocycles. The van der Waals surface area contributed by atoms with Crippen molar-refractivity contribution in [1.29, 1.82) is 0 Å². The average molecular weight is 366 g/mol. The number of fused-ring (bicyclic) bond motifs is 1. The highest BCUT2D eigenvalue weighted by molar-refractivity contribution is 6.08. The molecule has 0 bridgehead atoms. The number of benzene rings is 2. The molecule has 2 aromatic carbocycles. The molecule has 0 atom stereocenters. The number of Topliss-reactive ketones (excluding diaryl/α,β-unsaturated/α-hetero) is 1. The molecule has 6 heteroatoms. The smallest absolute Gasteiger partial charge is 0.271 e. The normalized spacial score (nSPS) is 15.0. The molecule has 2 amide bonds. The van der Waals surface area contributed by atoms with Crippen molar-refractivity contribution < 1.29 is 19.1 Å². The Balaban J connectivity index is 1.84. The maximum Gasteiger partial charge on any atom is 0.271 e. The predicted molar refractivity (Wildman–Crippen MR) is 103 cm³/mol. The summed E-state index contributed by atoms with van der Waals surface area (Å²) < 4.78 is 5.80. The SMILES string of the molecule is CC(=O)c1cccc(NC(=O)CN2C(=O)C(C)(C)Oc3ccc(C)cc32)c1. The van der Waals surface area contributed by atoms with E-state index in [-0.39, 0.29) is 24.1 Å². The van der Waals surface area contributed by atoms with Gasteiger partial charge in [0.1, 0.15) is 12.3 Å². The summed E-state index contributed by atoms with van der Waals surface area (Å²) in [5, 5.41) is 2.75. The van der Waals surface area contributed by atoms with Crippen LogP contribution in [0.25, 0.3) is 0 Å². The van der Waals surface area contributed by atoms with Gasteiger partial charge < -0.3 is 10.1 Å². The van der Waals surface area contributed by atoms with Gasteiger partial charge in [0, 0.05) is 11.3 Å². The molecule has 3 rings (SSSR count). The molecule has 27 heavy (non-hydrogen) atoms. The van der Waals surface area contributed by atoms with Gasteiger partial charge in [0.25, 0.3) is 5.91 Å². The van der Waals surface area contributed by atoms with Crippen molar-refractivity contribution in [3.8, 4) is 5.75 Å². The third kappa shape index (κ3) is 3.84. The molecule has 0 aromatic heterocycles. The number of rotatable bonds is 4. The Morgan fingerprint density at radius 1 is 1.15 bits per heavy atom. The van der Waals surface area contributed by atoms with Gasteiger partial charge in [-0.3, -0.25) is 19.3 Å². The number of aryl methyl sites for hydroxylation is 1. The van der Waals surface area contributed by atoms with Gasteiger partial charge in [0.15, 0.2) is 11.4 Å². The van der Waals surface area contributed by atoms with Crippen LogP contribution in [0.4, 0.5) is 11.4 Å². The first-order valence-corrected chi connectivity index (χ1v) is 8.70. The van der Waals surface area contributed by atoms with Crippen LogP contribution in [0.2, 0.25) is 0 Å². The second-order valence-electron chi connectivity index (χ2n) is 7.16. The fourth-order valence-electron chi connectivity index (χ4n) is 2.99. The quantitative estimate of drug-likeness (QED) is 0.842. The second-order valence-corrected chi connectivity index (χ2v) is 7.16. The summed E-state index contributed by atoms with van der Waals surface area (Å²) in [7, 11) is 0. The minimum atomic E-state index is -1.06. The van der Waals surface area contributed by atoms with Crippen molar-refractivity contribution in [3.05, 3.63) is 53.6 Å². The third-order valence-corrected chi connectivity index (χ3v) is 4.39. The third-order valence-electron chi connectivity index (χ3n) is 4.39. The van der Waals surface area contributed by atoms with Gasteiger partial charge >= 0.3 is 0 Å². The van der Waals surface area contributed by atoms with E-state index in [4.69, 9.17) is 4.74 Å². The number of hydrogen-bond donors (Lipinski definition) is 1. The van der Waals surface area contributed by atoms with Crippen LogP contribution in [0.5, 0.6) is 5.75 Å². The van der Waals surface area contributed by atoms with Crippen LogP contribution in [-0.2, 0) is 9.59 Å². The predicted octanol–water partition coefficient (Wildman–Crippen LogP) is 3.34. The largest absolute Gasteiger partial charge is 0.476 e. The van der Waals surface area contributed by atoms with Crippen LogP contribution in [0.1, 0.15) is 36.7 Å². The minimum Gasteiger partial charge on any atom is -0.476 e. The molecule has 1 aliphatic heterocycles. The lowest BCUT2D eigenvalue weighted by molar-refractivity contribution is -0.133. The number of amides is 2. The summed E-state index contributed by atoms with van der Waals surface area (Å²) in [4.78, 5) is 38.4. The fourth-order valence-corrected chi connectivity index (χ4v) is 2.99. The molecule has 0 fully saturated rings. The summed E-state index contributed by atoms with van der Waals surface area (Å²) in [5.74, 6) is -0.153.